The fourth-order valence-electron chi connectivity index (χ4n) is 2.10. The van der Waals surface area contributed by atoms with Crippen molar-refractivity contribution in [2.24, 2.45) is 17.6 Å². The highest BCUT2D eigenvalue weighted by molar-refractivity contribution is 4.87. The average molecular weight is 170 g/mol. The number of nitrogens with two attached hydrogens (primary N) is 1. The van der Waals surface area contributed by atoms with Crippen molar-refractivity contribution >= 4 is 0 Å². The van der Waals surface area contributed by atoms with Crippen molar-refractivity contribution in [1.29, 1.82) is 0 Å². The van der Waals surface area contributed by atoms with Gasteiger partial charge in [0.1, 0.15) is 0 Å². The van der Waals surface area contributed by atoms with Crippen molar-refractivity contribution < 1.29 is 0 Å². The fraction of sp³-hybridized carbons (Fsp3) is 1.00. The Kier molecular flexibility index (Phi) is 3.13. The minimum absolute atomic E-state index is 0.413. The Balaban J connectivity index is 2.55. The van der Waals surface area contributed by atoms with Gasteiger partial charge in [0, 0.05) is 18.6 Å². The van der Waals surface area contributed by atoms with Crippen LogP contribution in [0.1, 0.15) is 27.2 Å². The van der Waals surface area contributed by atoms with Crippen molar-refractivity contribution in [2.75, 3.05) is 13.6 Å². The number of likely N-dealkylation sites (tertiary alicyclic amines) is 1. The molecule has 0 aromatic rings. The second kappa shape index (κ2) is 3.75. The summed E-state index contributed by atoms with van der Waals surface area (Å²) in [5.41, 5.74) is 6.11. The van der Waals surface area contributed by atoms with Crippen LogP contribution in [0.2, 0.25) is 0 Å². The highest BCUT2D eigenvalue weighted by Crippen LogP contribution is 2.25. The van der Waals surface area contributed by atoms with Gasteiger partial charge in [-0.1, -0.05) is 13.8 Å². The number of piperidine rings is 1. The number of hydrogen-bond donors (Lipinski definition) is 1. The van der Waals surface area contributed by atoms with Crippen molar-refractivity contribution in [2.45, 2.75) is 39.3 Å². The van der Waals surface area contributed by atoms with Crippen LogP contribution in [0.4, 0.5) is 0 Å². The first kappa shape index (κ1) is 10.0. The van der Waals surface area contributed by atoms with Crippen molar-refractivity contribution in [3.8, 4) is 0 Å². The molecule has 2 heteroatoms. The molecule has 12 heavy (non-hydrogen) atoms. The van der Waals surface area contributed by atoms with Crippen LogP contribution in [-0.2, 0) is 0 Å². The minimum atomic E-state index is 0.413. The Morgan fingerprint density at radius 2 is 2.00 bits per heavy atom. The van der Waals surface area contributed by atoms with E-state index in [0.29, 0.717) is 18.0 Å². The Hall–Kier alpha value is -0.0800. The Morgan fingerprint density at radius 3 is 2.50 bits per heavy atom. The first-order chi connectivity index (χ1) is 5.52. The smallest absolute Gasteiger partial charge is 0.00966 e. The zero-order valence-corrected chi connectivity index (χ0v) is 8.75. The Bertz CT molecular complexity index is 145. The number of hydrogen-bond acceptors (Lipinski definition) is 2. The third kappa shape index (κ3) is 1.99. The standard InChI is InChI=1S/C10H22N2/c1-7(2)9-6-12(4)8(3)5-10(9)11/h7-10H,5-6,11H2,1-4H3. The van der Waals surface area contributed by atoms with Gasteiger partial charge in [-0.2, -0.15) is 0 Å². The molecule has 1 aliphatic rings. The molecule has 1 rings (SSSR count). The summed E-state index contributed by atoms with van der Waals surface area (Å²) in [7, 11) is 2.20. The van der Waals surface area contributed by atoms with E-state index in [9.17, 15) is 0 Å². The first-order valence-electron chi connectivity index (χ1n) is 4.98. The third-order valence-electron chi connectivity index (χ3n) is 3.27. The summed E-state index contributed by atoms with van der Waals surface area (Å²) in [6.07, 6.45) is 1.15. The summed E-state index contributed by atoms with van der Waals surface area (Å²) >= 11 is 0. The van der Waals surface area contributed by atoms with E-state index in [2.05, 4.69) is 32.7 Å². The van der Waals surface area contributed by atoms with Crippen LogP contribution in [0.3, 0.4) is 0 Å². The van der Waals surface area contributed by atoms with E-state index >= 15 is 0 Å². The van der Waals surface area contributed by atoms with Gasteiger partial charge in [0.2, 0.25) is 0 Å². The van der Waals surface area contributed by atoms with Gasteiger partial charge in [-0.05, 0) is 32.2 Å². The summed E-state index contributed by atoms with van der Waals surface area (Å²) in [5.74, 6) is 1.40. The first-order valence-corrected chi connectivity index (χ1v) is 4.98. The van der Waals surface area contributed by atoms with Crippen molar-refractivity contribution in [1.82, 2.24) is 4.90 Å². The average Bonchev–Trinajstić information content (AvgIpc) is 1.96. The predicted molar refractivity (Wildman–Crippen MR) is 53.0 cm³/mol. The topological polar surface area (TPSA) is 29.3 Å². The number of rotatable bonds is 1. The van der Waals surface area contributed by atoms with Gasteiger partial charge >= 0.3 is 0 Å². The normalized spacial score (nSPS) is 39.0. The lowest BCUT2D eigenvalue weighted by molar-refractivity contribution is 0.103. The maximum atomic E-state index is 6.11. The molecule has 1 heterocycles. The van der Waals surface area contributed by atoms with Crippen LogP contribution in [-0.4, -0.2) is 30.6 Å². The maximum absolute atomic E-state index is 6.11. The molecule has 0 aromatic carbocycles. The molecule has 3 atom stereocenters. The molecule has 0 aliphatic carbocycles. The van der Waals surface area contributed by atoms with E-state index < -0.39 is 0 Å². The van der Waals surface area contributed by atoms with Gasteiger partial charge in [0.15, 0.2) is 0 Å². The van der Waals surface area contributed by atoms with E-state index in [-0.39, 0.29) is 0 Å². The quantitative estimate of drug-likeness (QED) is 0.643. The monoisotopic (exact) mass is 170 g/mol. The summed E-state index contributed by atoms with van der Waals surface area (Å²) in [4.78, 5) is 2.42. The molecule has 0 saturated carbocycles. The molecule has 3 unspecified atom stereocenters. The highest BCUT2D eigenvalue weighted by Gasteiger charge is 2.30. The SMILES string of the molecule is CC(C)C1CN(C)C(C)CC1N. The molecule has 2 nitrogen and oxygen atoms in total. The van der Waals surface area contributed by atoms with Gasteiger partial charge < -0.3 is 10.6 Å². The lowest BCUT2D eigenvalue weighted by atomic mass is 9.82. The zero-order chi connectivity index (χ0) is 9.30. The van der Waals surface area contributed by atoms with E-state index in [4.69, 9.17) is 5.73 Å². The van der Waals surface area contributed by atoms with E-state index in [1.807, 2.05) is 0 Å². The summed E-state index contributed by atoms with van der Waals surface area (Å²) < 4.78 is 0. The van der Waals surface area contributed by atoms with Crippen LogP contribution in [0.15, 0.2) is 0 Å². The molecule has 72 valence electrons. The van der Waals surface area contributed by atoms with Crippen LogP contribution in [0, 0.1) is 11.8 Å². The van der Waals surface area contributed by atoms with E-state index in [0.717, 1.165) is 12.3 Å². The summed E-state index contributed by atoms with van der Waals surface area (Å²) in [6.45, 7) is 7.97. The minimum Gasteiger partial charge on any atom is -0.327 e. The van der Waals surface area contributed by atoms with Gasteiger partial charge in [-0.3, -0.25) is 0 Å². The van der Waals surface area contributed by atoms with E-state index in [1.54, 1.807) is 0 Å². The van der Waals surface area contributed by atoms with Crippen LogP contribution in [0.5, 0.6) is 0 Å². The molecule has 1 fully saturated rings. The molecule has 0 spiro atoms. The zero-order valence-electron chi connectivity index (χ0n) is 8.75. The summed E-state index contributed by atoms with van der Waals surface area (Å²) in [6, 6.07) is 1.08. The molecule has 0 radical (unpaired) electrons. The van der Waals surface area contributed by atoms with Crippen molar-refractivity contribution in [3.05, 3.63) is 0 Å². The van der Waals surface area contributed by atoms with Gasteiger partial charge in [-0.25, -0.2) is 0 Å². The predicted octanol–water partition coefficient (Wildman–Crippen LogP) is 1.31. The third-order valence-corrected chi connectivity index (χ3v) is 3.27. The second-order valence-corrected chi connectivity index (χ2v) is 4.60. The largest absolute Gasteiger partial charge is 0.327 e. The van der Waals surface area contributed by atoms with E-state index in [1.165, 1.54) is 6.54 Å². The second-order valence-electron chi connectivity index (χ2n) is 4.60. The molecule has 0 aromatic heterocycles. The lowest BCUT2D eigenvalue weighted by Crippen LogP contribution is -2.51. The van der Waals surface area contributed by atoms with Crippen LogP contribution in [0.25, 0.3) is 0 Å². The van der Waals surface area contributed by atoms with Gasteiger partial charge in [-0.15, -0.1) is 0 Å². The molecule has 0 amide bonds. The molecular weight excluding hydrogens is 148 g/mol. The number of nitrogens with zero attached hydrogens (tertiary/aromatic N) is 1. The Morgan fingerprint density at radius 1 is 1.42 bits per heavy atom. The van der Waals surface area contributed by atoms with Gasteiger partial charge in [0.25, 0.3) is 0 Å². The molecular formula is C10H22N2. The Labute approximate surface area is 76.1 Å². The maximum Gasteiger partial charge on any atom is 0.00966 e. The fourth-order valence-corrected chi connectivity index (χ4v) is 2.10. The molecule has 2 N–H and O–H groups in total. The lowest BCUT2D eigenvalue weighted by Gasteiger charge is -2.41. The van der Waals surface area contributed by atoms with Crippen LogP contribution < -0.4 is 5.73 Å². The van der Waals surface area contributed by atoms with Crippen LogP contribution >= 0.6 is 0 Å². The molecule has 1 aliphatic heterocycles. The summed E-state index contributed by atoms with van der Waals surface area (Å²) in [5, 5.41) is 0. The van der Waals surface area contributed by atoms with Gasteiger partial charge in [0.05, 0.1) is 0 Å². The molecule has 0 bridgehead atoms. The molecule has 1 saturated heterocycles. The highest BCUT2D eigenvalue weighted by atomic mass is 15.1. The van der Waals surface area contributed by atoms with Crippen molar-refractivity contribution in [3.63, 3.8) is 0 Å².